The van der Waals surface area contributed by atoms with Gasteiger partial charge in [0.1, 0.15) is 0 Å². The van der Waals surface area contributed by atoms with Gasteiger partial charge in [0.2, 0.25) is 0 Å². The Hall–Kier alpha value is -3.91. The second-order valence-corrected chi connectivity index (χ2v) is 5.99. The lowest BCUT2D eigenvalue weighted by atomic mass is 10.1. The molecule has 0 radical (unpaired) electrons. The highest BCUT2D eigenvalue weighted by Gasteiger charge is 2.12. The molecule has 27 heavy (non-hydrogen) atoms. The highest BCUT2D eigenvalue weighted by molar-refractivity contribution is 6.08. The van der Waals surface area contributed by atoms with E-state index in [1.165, 1.54) is 0 Å². The van der Waals surface area contributed by atoms with Crippen LogP contribution in [-0.4, -0.2) is 11.8 Å². The lowest BCUT2D eigenvalue weighted by Crippen LogP contribution is -2.16. The number of carbonyl (C=O) groups is 2. The number of nitrogens with zero attached hydrogens (tertiary/aromatic N) is 1. The quantitative estimate of drug-likeness (QED) is 0.729. The minimum atomic E-state index is -0.328. The molecule has 3 aromatic rings. The molecule has 3 rings (SSSR count). The number of amides is 2. The van der Waals surface area contributed by atoms with Crippen molar-refractivity contribution >= 4 is 23.2 Å². The SMILES string of the molecule is Cc1ccccc1NC(=O)c1cccc(C(=O)Nc2ccc(C#N)cc2)c1. The molecule has 5 heteroatoms. The summed E-state index contributed by atoms with van der Waals surface area (Å²) in [6.07, 6.45) is 0. The van der Waals surface area contributed by atoms with Gasteiger partial charge in [-0.05, 0) is 61.0 Å². The smallest absolute Gasteiger partial charge is 0.255 e. The van der Waals surface area contributed by atoms with Gasteiger partial charge < -0.3 is 10.6 Å². The zero-order valence-corrected chi connectivity index (χ0v) is 14.7. The highest BCUT2D eigenvalue weighted by atomic mass is 16.2. The largest absolute Gasteiger partial charge is 0.322 e. The van der Waals surface area contributed by atoms with Crippen LogP contribution in [0.25, 0.3) is 0 Å². The summed E-state index contributed by atoms with van der Waals surface area (Å²) < 4.78 is 0. The maximum atomic E-state index is 12.5. The van der Waals surface area contributed by atoms with Crippen LogP contribution in [0.1, 0.15) is 31.8 Å². The van der Waals surface area contributed by atoms with E-state index in [0.29, 0.717) is 22.4 Å². The minimum absolute atomic E-state index is 0.280. The van der Waals surface area contributed by atoms with Gasteiger partial charge in [-0.2, -0.15) is 5.26 Å². The summed E-state index contributed by atoms with van der Waals surface area (Å²) in [4.78, 5) is 24.9. The van der Waals surface area contributed by atoms with Gasteiger partial charge in [0.25, 0.3) is 11.8 Å². The standard InChI is InChI=1S/C22H17N3O2/c1-15-5-2-3-8-20(15)25-22(27)18-7-4-6-17(13-18)21(26)24-19-11-9-16(14-23)10-12-19/h2-13H,1H3,(H,24,26)(H,25,27). The van der Waals surface area contributed by atoms with Crippen molar-refractivity contribution in [2.75, 3.05) is 10.6 Å². The first-order valence-corrected chi connectivity index (χ1v) is 8.35. The Bertz CT molecular complexity index is 1030. The number of hydrogen-bond donors (Lipinski definition) is 2. The van der Waals surface area contributed by atoms with E-state index >= 15 is 0 Å². The summed E-state index contributed by atoms with van der Waals surface area (Å²) >= 11 is 0. The molecule has 5 nitrogen and oxygen atoms in total. The number of nitrogens with one attached hydrogen (secondary N) is 2. The highest BCUT2D eigenvalue weighted by Crippen LogP contribution is 2.16. The number of carbonyl (C=O) groups excluding carboxylic acids is 2. The lowest BCUT2D eigenvalue weighted by molar-refractivity contribution is 0.102. The number of anilines is 2. The van der Waals surface area contributed by atoms with Gasteiger partial charge in [-0.15, -0.1) is 0 Å². The predicted molar refractivity (Wildman–Crippen MR) is 105 cm³/mol. The molecule has 2 amide bonds. The van der Waals surface area contributed by atoms with Gasteiger partial charge in [0, 0.05) is 22.5 Å². The van der Waals surface area contributed by atoms with E-state index < -0.39 is 0 Å². The summed E-state index contributed by atoms with van der Waals surface area (Å²) in [5.41, 5.74) is 3.55. The molecule has 0 aliphatic rings. The van der Waals surface area contributed by atoms with E-state index in [0.717, 1.165) is 11.3 Å². The number of benzene rings is 3. The van der Waals surface area contributed by atoms with Crippen LogP contribution >= 0.6 is 0 Å². The van der Waals surface area contributed by atoms with Crippen LogP contribution in [0.2, 0.25) is 0 Å². The van der Waals surface area contributed by atoms with Gasteiger partial charge in [-0.25, -0.2) is 0 Å². The molecule has 0 fully saturated rings. The lowest BCUT2D eigenvalue weighted by Gasteiger charge is -2.09. The summed E-state index contributed by atoms with van der Waals surface area (Å²) in [6.45, 7) is 1.91. The van der Waals surface area contributed by atoms with E-state index in [1.807, 2.05) is 37.3 Å². The van der Waals surface area contributed by atoms with Crippen LogP contribution in [0.4, 0.5) is 11.4 Å². The molecule has 132 valence electrons. The monoisotopic (exact) mass is 355 g/mol. The molecule has 2 N–H and O–H groups in total. The predicted octanol–water partition coefficient (Wildman–Crippen LogP) is 4.37. The zero-order chi connectivity index (χ0) is 19.2. The van der Waals surface area contributed by atoms with Crippen molar-refractivity contribution in [1.29, 1.82) is 5.26 Å². The minimum Gasteiger partial charge on any atom is -0.322 e. The maximum Gasteiger partial charge on any atom is 0.255 e. The molecule has 0 spiro atoms. The molecular weight excluding hydrogens is 338 g/mol. The fourth-order valence-electron chi connectivity index (χ4n) is 2.54. The number of hydrogen-bond acceptors (Lipinski definition) is 3. The van der Waals surface area contributed by atoms with E-state index in [4.69, 9.17) is 5.26 Å². The molecule has 0 unspecified atom stereocenters. The summed E-state index contributed by atoms with van der Waals surface area (Å²) in [5, 5.41) is 14.4. The van der Waals surface area contributed by atoms with Crippen LogP contribution in [-0.2, 0) is 0 Å². The Labute approximate surface area is 157 Å². The second kappa shape index (κ2) is 7.98. The van der Waals surface area contributed by atoms with Crippen molar-refractivity contribution in [1.82, 2.24) is 0 Å². The molecule has 0 aliphatic carbocycles. The maximum absolute atomic E-state index is 12.5. The zero-order valence-electron chi connectivity index (χ0n) is 14.7. The number of nitriles is 1. The third kappa shape index (κ3) is 4.39. The van der Waals surface area contributed by atoms with Gasteiger partial charge in [-0.1, -0.05) is 24.3 Å². The molecule has 0 aromatic heterocycles. The van der Waals surface area contributed by atoms with Crippen LogP contribution in [0.3, 0.4) is 0 Å². The Balaban J connectivity index is 1.74. The Morgan fingerprint density at radius 1 is 0.815 bits per heavy atom. The van der Waals surface area contributed by atoms with E-state index in [1.54, 1.807) is 48.5 Å². The van der Waals surface area contributed by atoms with Crippen molar-refractivity contribution in [3.63, 3.8) is 0 Å². The van der Waals surface area contributed by atoms with Crippen LogP contribution in [0, 0.1) is 18.3 Å². The average Bonchev–Trinajstić information content (AvgIpc) is 2.70. The topological polar surface area (TPSA) is 82.0 Å². The molecule has 3 aromatic carbocycles. The van der Waals surface area contributed by atoms with E-state index in [2.05, 4.69) is 10.6 Å². The molecule has 0 aliphatic heterocycles. The summed E-state index contributed by atoms with van der Waals surface area (Å²) in [5.74, 6) is -0.609. The van der Waals surface area contributed by atoms with E-state index in [-0.39, 0.29) is 11.8 Å². The molecule has 0 saturated heterocycles. The van der Waals surface area contributed by atoms with Gasteiger partial charge in [0.15, 0.2) is 0 Å². The van der Waals surface area contributed by atoms with Crippen LogP contribution in [0.5, 0.6) is 0 Å². The van der Waals surface area contributed by atoms with Crippen molar-refractivity contribution < 1.29 is 9.59 Å². The summed E-state index contributed by atoms with van der Waals surface area (Å²) in [7, 11) is 0. The Kier molecular flexibility index (Phi) is 5.29. The number of aryl methyl sites for hydroxylation is 1. The Morgan fingerprint density at radius 2 is 1.44 bits per heavy atom. The van der Waals surface area contributed by atoms with Crippen molar-refractivity contribution in [2.45, 2.75) is 6.92 Å². The third-order valence-corrected chi connectivity index (χ3v) is 4.05. The molecule has 0 heterocycles. The number of para-hydroxylation sites is 1. The van der Waals surface area contributed by atoms with Crippen molar-refractivity contribution in [2.24, 2.45) is 0 Å². The van der Waals surface area contributed by atoms with Gasteiger partial charge in [-0.3, -0.25) is 9.59 Å². The van der Waals surface area contributed by atoms with Crippen molar-refractivity contribution in [3.8, 4) is 6.07 Å². The first-order chi connectivity index (χ1) is 13.1. The van der Waals surface area contributed by atoms with Crippen LogP contribution < -0.4 is 10.6 Å². The third-order valence-electron chi connectivity index (χ3n) is 4.05. The molecule has 0 atom stereocenters. The van der Waals surface area contributed by atoms with Gasteiger partial charge >= 0.3 is 0 Å². The molecule has 0 saturated carbocycles. The Morgan fingerprint density at radius 3 is 2.07 bits per heavy atom. The number of rotatable bonds is 4. The molecular formula is C22H17N3O2. The van der Waals surface area contributed by atoms with Crippen LogP contribution in [0.15, 0.2) is 72.8 Å². The normalized spacial score (nSPS) is 9.93. The van der Waals surface area contributed by atoms with Crippen molar-refractivity contribution in [3.05, 3.63) is 95.1 Å². The first-order valence-electron chi connectivity index (χ1n) is 8.35. The molecule has 0 bridgehead atoms. The summed E-state index contributed by atoms with van der Waals surface area (Å²) in [6, 6.07) is 22.6. The van der Waals surface area contributed by atoms with E-state index in [9.17, 15) is 9.59 Å². The first kappa shape index (κ1) is 17.9. The second-order valence-electron chi connectivity index (χ2n) is 5.99. The fourth-order valence-corrected chi connectivity index (χ4v) is 2.54. The fraction of sp³-hybridized carbons (Fsp3) is 0.0455. The average molecular weight is 355 g/mol. The van der Waals surface area contributed by atoms with Gasteiger partial charge in [0.05, 0.1) is 11.6 Å².